The molecule has 1 aromatic rings. The minimum absolute atomic E-state index is 0.110. The molecule has 2 rings (SSSR count). The maximum atomic E-state index is 5.95. The van der Waals surface area contributed by atoms with Crippen molar-refractivity contribution in [3.8, 4) is 11.5 Å². The molecule has 4 heteroatoms. The fourth-order valence-corrected chi connectivity index (χ4v) is 2.05. The first-order chi connectivity index (χ1) is 8.35. The first-order valence-electron chi connectivity index (χ1n) is 5.90. The Balaban J connectivity index is 2.20. The Kier molecular flexibility index (Phi) is 4.51. The summed E-state index contributed by atoms with van der Waals surface area (Å²) in [6, 6.07) is 5.80. The van der Waals surface area contributed by atoms with Crippen LogP contribution in [-0.4, -0.2) is 25.9 Å². The van der Waals surface area contributed by atoms with Crippen LogP contribution in [0.2, 0.25) is 0 Å². The topological polar surface area (TPSA) is 27.7 Å². The van der Waals surface area contributed by atoms with Gasteiger partial charge in [0.25, 0.3) is 0 Å². The highest BCUT2D eigenvalue weighted by Crippen LogP contribution is 2.34. The lowest BCUT2D eigenvalue weighted by molar-refractivity contribution is 0.137. The van der Waals surface area contributed by atoms with Gasteiger partial charge in [0.05, 0.1) is 25.7 Å². The Morgan fingerprint density at radius 3 is 3.00 bits per heavy atom. The van der Waals surface area contributed by atoms with Crippen LogP contribution in [0, 0.1) is 0 Å². The summed E-state index contributed by atoms with van der Waals surface area (Å²) in [7, 11) is 0. The predicted molar refractivity (Wildman–Crippen MR) is 67.0 cm³/mol. The second-order valence-corrected chi connectivity index (χ2v) is 4.18. The van der Waals surface area contributed by atoms with Crippen molar-refractivity contribution >= 4 is 11.6 Å². The highest BCUT2D eigenvalue weighted by molar-refractivity contribution is 6.17. The molecule has 1 heterocycles. The number of ether oxygens (including phenoxy) is 3. The van der Waals surface area contributed by atoms with Crippen molar-refractivity contribution < 1.29 is 14.2 Å². The largest absolute Gasteiger partial charge is 0.490 e. The number of halogens is 1. The Morgan fingerprint density at radius 2 is 2.35 bits per heavy atom. The van der Waals surface area contributed by atoms with Gasteiger partial charge in [0, 0.05) is 12.0 Å². The zero-order chi connectivity index (χ0) is 12.1. The molecule has 1 aliphatic heterocycles. The van der Waals surface area contributed by atoms with Crippen molar-refractivity contribution in [1.29, 1.82) is 0 Å². The molecule has 1 aromatic carbocycles. The van der Waals surface area contributed by atoms with E-state index in [1.54, 1.807) is 0 Å². The highest BCUT2D eigenvalue weighted by Gasteiger charge is 2.20. The lowest BCUT2D eigenvalue weighted by Crippen LogP contribution is -2.17. The first kappa shape index (κ1) is 12.5. The fourth-order valence-electron chi connectivity index (χ4n) is 1.84. The summed E-state index contributed by atoms with van der Waals surface area (Å²) in [5.74, 6) is 1.95. The van der Waals surface area contributed by atoms with Gasteiger partial charge in [0.1, 0.15) is 6.10 Å². The average Bonchev–Trinajstić information content (AvgIpc) is 2.84. The lowest BCUT2D eigenvalue weighted by Gasteiger charge is -2.18. The van der Waals surface area contributed by atoms with Crippen LogP contribution in [0.25, 0.3) is 0 Å². The molecule has 0 spiro atoms. The SMILES string of the molecule is CCOc1cccc(CCl)c1OC1CCOC1. The third-order valence-electron chi connectivity index (χ3n) is 2.68. The Morgan fingerprint density at radius 1 is 1.47 bits per heavy atom. The van der Waals surface area contributed by atoms with E-state index in [1.165, 1.54) is 0 Å². The van der Waals surface area contributed by atoms with E-state index in [0.29, 0.717) is 19.1 Å². The summed E-state index contributed by atoms with van der Waals surface area (Å²) in [6.07, 6.45) is 1.03. The van der Waals surface area contributed by atoms with Gasteiger partial charge in [-0.3, -0.25) is 0 Å². The van der Waals surface area contributed by atoms with Gasteiger partial charge in [-0.1, -0.05) is 12.1 Å². The summed E-state index contributed by atoms with van der Waals surface area (Å²) < 4.78 is 16.8. The van der Waals surface area contributed by atoms with E-state index in [2.05, 4.69) is 0 Å². The molecule has 0 amide bonds. The van der Waals surface area contributed by atoms with Crippen molar-refractivity contribution in [1.82, 2.24) is 0 Å². The standard InChI is InChI=1S/C13H17ClO3/c1-2-16-12-5-3-4-10(8-14)13(12)17-11-6-7-15-9-11/h3-5,11H,2,6-9H2,1H3. The van der Waals surface area contributed by atoms with E-state index >= 15 is 0 Å². The van der Waals surface area contributed by atoms with Crippen molar-refractivity contribution in [2.75, 3.05) is 19.8 Å². The van der Waals surface area contributed by atoms with E-state index in [9.17, 15) is 0 Å². The molecule has 0 bridgehead atoms. The highest BCUT2D eigenvalue weighted by atomic mass is 35.5. The van der Waals surface area contributed by atoms with E-state index in [1.807, 2.05) is 25.1 Å². The van der Waals surface area contributed by atoms with Crippen LogP contribution in [-0.2, 0) is 10.6 Å². The minimum atomic E-state index is 0.110. The molecule has 0 saturated carbocycles. The molecule has 1 unspecified atom stereocenters. The molecule has 0 aliphatic carbocycles. The summed E-state index contributed by atoms with van der Waals surface area (Å²) in [6.45, 7) is 3.97. The van der Waals surface area contributed by atoms with Crippen molar-refractivity contribution in [3.63, 3.8) is 0 Å². The van der Waals surface area contributed by atoms with Crippen LogP contribution in [0.4, 0.5) is 0 Å². The molecule has 0 radical (unpaired) electrons. The number of alkyl halides is 1. The lowest BCUT2D eigenvalue weighted by atomic mass is 10.2. The van der Waals surface area contributed by atoms with Gasteiger partial charge in [-0.05, 0) is 13.0 Å². The quantitative estimate of drug-likeness (QED) is 0.758. The van der Waals surface area contributed by atoms with Crippen molar-refractivity contribution in [3.05, 3.63) is 23.8 Å². The fraction of sp³-hybridized carbons (Fsp3) is 0.538. The first-order valence-corrected chi connectivity index (χ1v) is 6.43. The number of para-hydroxylation sites is 1. The van der Waals surface area contributed by atoms with E-state index < -0.39 is 0 Å². The second-order valence-electron chi connectivity index (χ2n) is 3.91. The summed E-state index contributed by atoms with van der Waals surface area (Å²) >= 11 is 5.92. The van der Waals surface area contributed by atoms with E-state index in [4.69, 9.17) is 25.8 Å². The normalized spacial score (nSPS) is 19.3. The number of hydrogen-bond donors (Lipinski definition) is 0. The minimum Gasteiger partial charge on any atom is -0.490 e. The zero-order valence-electron chi connectivity index (χ0n) is 9.95. The zero-order valence-corrected chi connectivity index (χ0v) is 10.7. The molecular formula is C13H17ClO3. The maximum Gasteiger partial charge on any atom is 0.166 e. The summed E-state index contributed by atoms with van der Waals surface area (Å²) in [5.41, 5.74) is 0.963. The van der Waals surface area contributed by atoms with Crippen LogP contribution >= 0.6 is 11.6 Å². The smallest absolute Gasteiger partial charge is 0.166 e. The van der Waals surface area contributed by atoms with E-state index in [0.717, 1.165) is 30.1 Å². The average molecular weight is 257 g/mol. The molecule has 1 saturated heterocycles. The molecular weight excluding hydrogens is 240 g/mol. The molecule has 0 N–H and O–H groups in total. The Bertz CT molecular complexity index is 362. The maximum absolute atomic E-state index is 5.95. The molecule has 1 aliphatic rings. The number of rotatable bonds is 5. The molecule has 17 heavy (non-hydrogen) atoms. The van der Waals surface area contributed by atoms with Crippen LogP contribution < -0.4 is 9.47 Å². The molecule has 3 nitrogen and oxygen atoms in total. The second kappa shape index (κ2) is 6.12. The summed E-state index contributed by atoms with van der Waals surface area (Å²) in [5, 5.41) is 0. The Hall–Kier alpha value is -0.930. The summed E-state index contributed by atoms with van der Waals surface area (Å²) in [4.78, 5) is 0. The van der Waals surface area contributed by atoms with Gasteiger partial charge in [-0.15, -0.1) is 11.6 Å². The third-order valence-corrected chi connectivity index (χ3v) is 2.96. The van der Waals surface area contributed by atoms with E-state index in [-0.39, 0.29) is 6.10 Å². The van der Waals surface area contributed by atoms with Crippen molar-refractivity contribution in [2.45, 2.75) is 25.3 Å². The number of hydrogen-bond acceptors (Lipinski definition) is 3. The van der Waals surface area contributed by atoms with Crippen LogP contribution in [0.5, 0.6) is 11.5 Å². The molecule has 1 fully saturated rings. The molecule has 0 aromatic heterocycles. The molecule has 1 atom stereocenters. The van der Waals surface area contributed by atoms with Gasteiger partial charge >= 0.3 is 0 Å². The van der Waals surface area contributed by atoms with Crippen LogP contribution in [0.15, 0.2) is 18.2 Å². The molecule has 94 valence electrons. The Labute approximate surface area is 107 Å². The monoisotopic (exact) mass is 256 g/mol. The van der Waals surface area contributed by atoms with Gasteiger partial charge in [0.15, 0.2) is 11.5 Å². The van der Waals surface area contributed by atoms with Crippen molar-refractivity contribution in [2.24, 2.45) is 0 Å². The van der Waals surface area contributed by atoms with Crippen LogP contribution in [0.1, 0.15) is 18.9 Å². The van der Waals surface area contributed by atoms with Gasteiger partial charge < -0.3 is 14.2 Å². The number of benzene rings is 1. The van der Waals surface area contributed by atoms with Crippen LogP contribution in [0.3, 0.4) is 0 Å². The van der Waals surface area contributed by atoms with Gasteiger partial charge in [-0.25, -0.2) is 0 Å². The third kappa shape index (κ3) is 3.05. The van der Waals surface area contributed by atoms with Gasteiger partial charge in [-0.2, -0.15) is 0 Å². The predicted octanol–water partition coefficient (Wildman–Crippen LogP) is 2.99. The van der Waals surface area contributed by atoms with Gasteiger partial charge in [0.2, 0.25) is 0 Å².